The molecule has 1 unspecified atom stereocenters. The van der Waals surface area contributed by atoms with E-state index in [1.807, 2.05) is 12.1 Å². The Morgan fingerprint density at radius 3 is 2.50 bits per heavy atom. The lowest BCUT2D eigenvalue weighted by molar-refractivity contribution is -0.140. The summed E-state index contributed by atoms with van der Waals surface area (Å²) in [5.74, 6) is -1.18. The molecular formula is C24H18Cl2N2O4. The fourth-order valence-electron chi connectivity index (χ4n) is 3.70. The Labute approximate surface area is 194 Å². The van der Waals surface area contributed by atoms with Gasteiger partial charge in [-0.15, -0.1) is 0 Å². The highest BCUT2D eigenvalue weighted by molar-refractivity contribution is 6.46. The summed E-state index contributed by atoms with van der Waals surface area (Å²) in [7, 11) is 1.56. The molecule has 0 radical (unpaired) electrons. The molecule has 1 aromatic heterocycles. The first-order chi connectivity index (χ1) is 15.4. The standard InChI is InChI=1S/C24H18Cl2N2O4/c1-32-17-4-2-3-14(11-17)13-28-21(15-7-9-27-10-8-15)20(23(30)24(28)31)22(29)16-5-6-18(25)19(26)12-16/h2-12,21,29H,13H2,1H3/b22-20-. The first kappa shape index (κ1) is 21.9. The number of likely N-dealkylation sites (tertiary alicyclic amines) is 1. The van der Waals surface area contributed by atoms with Crippen molar-refractivity contribution in [3.8, 4) is 5.75 Å². The molecule has 8 heteroatoms. The molecule has 1 saturated heterocycles. The molecular weight excluding hydrogens is 451 g/mol. The molecule has 3 aromatic rings. The van der Waals surface area contributed by atoms with Gasteiger partial charge in [-0.3, -0.25) is 14.6 Å². The molecule has 0 saturated carbocycles. The van der Waals surface area contributed by atoms with Gasteiger partial charge in [-0.1, -0.05) is 35.3 Å². The normalized spacial score (nSPS) is 17.6. The summed E-state index contributed by atoms with van der Waals surface area (Å²) >= 11 is 12.1. The van der Waals surface area contributed by atoms with E-state index in [0.717, 1.165) is 5.56 Å². The number of carbonyl (C=O) groups is 2. The van der Waals surface area contributed by atoms with E-state index in [9.17, 15) is 14.7 Å². The predicted molar refractivity (Wildman–Crippen MR) is 122 cm³/mol. The van der Waals surface area contributed by atoms with E-state index in [2.05, 4.69) is 4.98 Å². The number of aliphatic hydroxyl groups excluding tert-OH is 1. The van der Waals surface area contributed by atoms with Crippen LogP contribution in [-0.2, 0) is 16.1 Å². The van der Waals surface area contributed by atoms with E-state index >= 15 is 0 Å². The van der Waals surface area contributed by atoms with Crippen molar-refractivity contribution in [1.82, 2.24) is 9.88 Å². The zero-order valence-corrected chi connectivity index (χ0v) is 18.5. The molecule has 6 nitrogen and oxygen atoms in total. The van der Waals surface area contributed by atoms with Crippen LogP contribution in [0.3, 0.4) is 0 Å². The summed E-state index contributed by atoms with van der Waals surface area (Å²) in [5, 5.41) is 11.6. The predicted octanol–water partition coefficient (Wildman–Crippen LogP) is 5.02. The Morgan fingerprint density at radius 2 is 1.81 bits per heavy atom. The number of aromatic nitrogens is 1. The second-order valence-corrected chi connectivity index (χ2v) is 8.00. The fraction of sp³-hybridized carbons (Fsp3) is 0.125. The van der Waals surface area contributed by atoms with Gasteiger partial charge < -0.3 is 14.7 Å². The highest BCUT2D eigenvalue weighted by Gasteiger charge is 2.46. The Bertz CT molecular complexity index is 1230. The van der Waals surface area contributed by atoms with Crippen LogP contribution in [0.2, 0.25) is 10.0 Å². The number of hydrogen-bond acceptors (Lipinski definition) is 5. The first-order valence-electron chi connectivity index (χ1n) is 9.67. The maximum absolute atomic E-state index is 13.1. The number of carbonyl (C=O) groups excluding carboxylic acids is 2. The summed E-state index contributed by atoms with van der Waals surface area (Å²) in [5.41, 5.74) is 1.68. The summed E-state index contributed by atoms with van der Waals surface area (Å²) < 4.78 is 5.27. The van der Waals surface area contributed by atoms with Gasteiger partial charge >= 0.3 is 0 Å². The second kappa shape index (κ2) is 9.02. The highest BCUT2D eigenvalue weighted by Crippen LogP contribution is 2.40. The molecule has 4 rings (SSSR count). The van der Waals surface area contributed by atoms with Crippen LogP contribution in [0, 0.1) is 0 Å². The van der Waals surface area contributed by atoms with Gasteiger partial charge in [-0.2, -0.15) is 0 Å². The van der Waals surface area contributed by atoms with Crippen LogP contribution in [0.25, 0.3) is 5.76 Å². The number of benzene rings is 2. The zero-order chi connectivity index (χ0) is 22.8. The van der Waals surface area contributed by atoms with Crippen LogP contribution >= 0.6 is 23.2 Å². The van der Waals surface area contributed by atoms with Crippen molar-refractivity contribution in [1.29, 1.82) is 0 Å². The number of rotatable bonds is 5. The van der Waals surface area contributed by atoms with Crippen LogP contribution in [0.1, 0.15) is 22.7 Å². The second-order valence-electron chi connectivity index (χ2n) is 7.19. The van der Waals surface area contributed by atoms with E-state index in [1.165, 1.54) is 17.0 Å². The van der Waals surface area contributed by atoms with Gasteiger partial charge in [0.25, 0.3) is 11.7 Å². The number of ketones is 1. The summed E-state index contributed by atoms with van der Waals surface area (Å²) in [6, 6.07) is 14.4. The van der Waals surface area contributed by atoms with Crippen molar-refractivity contribution in [2.24, 2.45) is 0 Å². The van der Waals surface area contributed by atoms with Crippen molar-refractivity contribution < 1.29 is 19.4 Å². The largest absolute Gasteiger partial charge is 0.507 e. The molecule has 32 heavy (non-hydrogen) atoms. The Kier molecular flexibility index (Phi) is 6.17. The van der Waals surface area contributed by atoms with Gasteiger partial charge in [0, 0.05) is 24.5 Å². The molecule has 1 aliphatic rings. The summed E-state index contributed by atoms with van der Waals surface area (Å²) in [4.78, 5) is 31.6. The monoisotopic (exact) mass is 468 g/mol. The third kappa shape index (κ3) is 4.07. The van der Waals surface area contributed by atoms with E-state index in [4.69, 9.17) is 27.9 Å². The number of ether oxygens (including phenoxy) is 1. The Morgan fingerprint density at radius 1 is 1.06 bits per heavy atom. The van der Waals surface area contributed by atoms with E-state index in [0.29, 0.717) is 16.3 Å². The van der Waals surface area contributed by atoms with Crippen LogP contribution < -0.4 is 4.74 Å². The minimum Gasteiger partial charge on any atom is -0.507 e. The number of amides is 1. The van der Waals surface area contributed by atoms with Gasteiger partial charge in [-0.25, -0.2) is 0 Å². The maximum Gasteiger partial charge on any atom is 0.295 e. The Hall–Kier alpha value is -3.35. The van der Waals surface area contributed by atoms with Gasteiger partial charge in [0.05, 0.1) is 28.8 Å². The van der Waals surface area contributed by atoms with Gasteiger partial charge in [-0.05, 0) is 53.6 Å². The van der Waals surface area contributed by atoms with Crippen LogP contribution in [0.4, 0.5) is 0 Å². The van der Waals surface area contributed by atoms with E-state index in [-0.39, 0.29) is 28.5 Å². The van der Waals surface area contributed by atoms with Crippen molar-refractivity contribution in [3.63, 3.8) is 0 Å². The molecule has 1 N–H and O–H groups in total. The number of Topliss-reactive ketones (excluding diaryl/α,β-unsaturated/α-hetero) is 1. The number of nitrogens with zero attached hydrogens (tertiary/aromatic N) is 2. The van der Waals surface area contributed by atoms with Crippen LogP contribution in [0.15, 0.2) is 72.6 Å². The smallest absolute Gasteiger partial charge is 0.295 e. The maximum atomic E-state index is 13.1. The minimum absolute atomic E-state index is 0.0255. The minimum atomic E-state index is -0.807. The molecule has 1 amide bonds. The zero-order valence-electron chi connectivity index (χ0n) is 17.0. The summed E-state index contributed by atoms with van der Waals surface area (Å²) in [6.45, 7) is 0.146. The number of hydrogen-bond donors (Lipinski definition) is 1. The van der Waals surface area contributed by atoms with Crippen molar-refractivity contribution in [3.05, 3.63) is 99.3 Å². The molecule has 0 aliphatic carbocycles. The number of halogens is 2. The number of methoxy groups -OCH3 is 1. The molecule has 2 aromatic carbocycles. The van der Waals surface area contributed by atoms with Gasteiger partial charge in [0.15, 0.2) is 0 Å². The average Bonchev–Trinajstić information content (AvgIpc) is 3.06. The van der Waals surface area contributed by atoms with Gasteiger partial charge in [0.2, 0.25) is 0 Å². The van der Waals surface area contributed by atoms with E-state index < -0.39 is 17.7 Å². The molecule has 1 fully saturated rings. The first-order valence-corrected chi connectivity index (χ1v) is 10.4. The van der Waals surface area contributed by atoms with Gasteiger partial charge in [0.1, 0.15) is 11.5 Å². The van der Waals surface area contributed by atoms with E-state index in [1.54, 1.807) is 49.8 Å². The lowest BCUT2D eigenvalue weighted by Gasteiger charge is -2.25. The molecule has 2 heterocycles. The summed E-state index contributed by atoms with van der Waals surface area (Å²) in [6.07, 6.45) is 3.14. The SMILES string of the molecule is COc1cccc(CN2C(=O)C(=O)/C(=C(\O)c3ccc(Cl)c(Cl)c3)C2c2ccncc2)c1. The van der Waals surface area contributed by atoms with Crippen molar-refractivity contribution >= 4 is 40.7 Å². The number of aliphatic hydroxyl groups is 1. The molecule has 1 atom stereocenters. The average molecular weight is 469 g/mol. The lowest BCUT2D eigenvalue weighted by atomic mass is 9.96. The van der Waals surface area contributed by atoms with Crippen molar-refractivity contribution in [2.45, 2.75) is 12.6 Å². The Balaban J connectivity index is 1.84. The fourth-order valence-corrected chi connectivity index (χ4v) is 4.00. The van der Waals surface area contributed by atoms with Crippen LogP contribution in [-0.4, -0.2) is 33.8 Å². The van der Waals surface area contributed by atoms with Crippen LogP contribution in [0.5, 0.6) is 5.75 Å². The highest BCUT2D eigenvalue weighted by atomic mass is 35.5. The molecule has 1 aliphatic heterocycles. The molecule has 162 valence electrons. The third-order valence-corrected chi connectivity index (χ3v) is 5.98. The number of pyridine rings is 1. The lowest BCUT2D eigenvalue weighted by Crippen LogP contribution is -2.29. The topological polar surface area (TPSA) is 79.7 Å². The molecule has 0 spiro atoms. The molecule has 0 bridgehead atoms. The quantitative estimate of drug-likeness (QED) is 0.323. The van der Waals surface area contributed by atoms with Crippen molar-refractivity contribution in [2.75, 3.05) is 7.11 Å². The third-order valence-electron chi connectivity index (χ3n) is 5.24.